The summed E-state index contributed by atoms with van der Waals surface area (Å²) in [6.45, 7) is 3.82. The highest BCUT2D eigenvalue weighted by molar-refractivity contribution is 5.66. The lowest BCUT2D eigenvalue weighted by Gasteiger charge is -2.14. The average Bonchev–Trinajstić information content (AvgIpc) is 2.95. The molecule has 112 valence electrons. The van der Waals surface area contributed by atoms with Crippen LogP contribution in [-0.2, 0) is 0 Å². The summed E-state index contributed by atoms with van der Waals surface area (Å²) in [5.74, 6) is 0.267. The van der Waals surface area contributed by atoms with Gasteiger partial charge in [0.25, 0.3) is 0 Å². The third-order valence-corrected chi connectivity index (χ3v) is 3.82. The first-order valence-corrected chi connectivity index (χ1v) is 7.27. The largest absolute Gasteiger partial charge is 0.508 e. The number of hydrogen-bond acceptors (Lipinski definition) is 3. The molecule has 4 nitrogen and oxygen atoms in total. The lowest BCUT2D eigenvalue weighted by atomic mass is 10.1. The van der Waals surface area contributed by atoms with Crippen LogP contribution in [0.5, 0.6) is 5.75 Å². The second-order valence-electron chi connectivity index (χ2n) is 5.25. The molecule has 0 aliphatic carbocycles. The number of phenolic OH excluding ortho intramolecular Hbond substituents is 1. The fourth-order valence-corrected chi connectivity index (χ4v) is 2.67. The van der Waals surface area contributed by atoms with Crippen molar-refractivity contribution in [2.45, 2.75) is 12.5 Å². The molecule has 2 aromatic heterocycles. The minimum atomic E-state index is 0.173. The van der Waals surface area contributed by atoms with Gasteiger partial charge in [0.05, 0.1) is 17.9 Å². The van der Waals surface area contributed by atoms with Gasteiger partial charge in [-0.3, -0.25) is 0 Å². The molecule has 0 aliphatic rings. The predicted molar refractivity (Wildman–Crippen MR) is 88.9 cm³/mol. The summed E-state index contributed by atoms with van der Waals surface area (Å²) in [4.78, 5) is 4.46. The molecule has 22 heavy (non-hydrogen) atoms. The van der Waals surface area contributed by atoms with Crippen molar-refractivity contribution < 1.29 is 5.11 Å². The van der Waals surface area contributed by atoms with E-state index in [4.69, 9.17) is 0 Å². The van der Waals surface area contributed by atoms with Crippen LogP contribution in [0.15, 0.2) is 61.4 Å². The number of rotatable bonds is 5. The molecular formula is C18H19N3O. The second kappa shape index (κ2) is 6.03. The maximum absolute atomic E-state index is 9.66. The standard InChI is InChI=1S/C18H19N3O/c1-3-5-16(19-2)17-11-20-18-9-8-14(12-21(17)18)13-6-4-7-15(22)10-13/h3-4,6-12,16,19,22H,1,5H2,2H3. The minimum absolute atomic E-state index is 0.173. The van der Waals surface area contributed by atoms with Crippen LogP contribution >= 0.6 is 0 Å². The summed E-state index contributed by atoms with van der Waals surface area (Å²) in [5.41, 5.74) is 4.02. The number of pyridine rings is 1. The molecule has 1 atom stereocenters. The highest BCUT2D eigenvalue weighted by Crippen LogP contribution is 2.26. The smallest absolute Gasteiger partial charge is 0.136 e. The highest BCUT2D eigenvalue weighted by Gasteiger charge is 2.13. The maximum atomic E-state index is 9.66. The van der Waals surface area contributed by atoms with E-state index in [0.29, 0.717) is 0 Å². The zero-order valence-corrected chi connectivity index (χ0v) is 12.5. The third kappa shape index (κ3) is 2.61. The summed E-state index contributed by atoms with van der Waals surface area (Å²) in [5, 5.41) is 13.0. The second-order valence-corrected chi connectivity index (χ2v) is 5.25. The molecule has 0 bridgehead atoms. The Morgan fingerprint density at radius 3 is 2.91 bits per heavy atom. The number of fused-ring (bicyclic) bond motifs is 1. The van der Waals surface area contributed by atoms with Crippen LogP contribution in [0.4, 0.5) is 0 Å². The van der Waals surface area contributed by atoms with E-state index in [9.17, 15) is 5.11 Å². The van der Waals surface area contributed by atoms with Crippen molar-refractivity contribution in [1.82, 2.24) is 14.7 Å². The van der Waals surface area contributed by atoms with Crippen molar-refractivity contribution in [1.29, 1.82) is 0 Å². The topological polar surface area (TPSA) is 49.6 Å². The van der Waals surface area contributed by atoms with Gasteiger partial charge < -0.3 is 14.8 Å². The molecule has 0 saturated heterocycles. The van der Waals surface area contributed by atoms with Gasteiger partial charge in [-0.25, -0.2) is 4.98 Å². The molecule has 2 N–H and O–H groups in total. The van der Waals surface area contributed by atoms with E-state index in [1.54, 1.807) is 12.1 Å². The van der Waals surface area contributed by atoms with Crippen molar-refractivity contribution in [2.75, 3.05) is 7.05 Å². The summed E-state index contributed by atoms with van der Waals surface area (Å²) < 4.78 is 2.09. The van der Waals surface area contributed by atoms with Crippen LogP contribution in [0.2, 0.25) is 0 Å². The normalized spacial score (nSPS) is 12.4. The number of imidazole rings is 1. The molecule has 1 aromatic carbocycles. The molecule has 1 unspecified atom stereocenters. The van der Waals surface area contributed by atoms with E-state index in [2.05, 4.69) is 27.5 Å². The number of phenols is 1. The zero-order valence-electron chi connectivity index (χ0n) is 12.5. The van der Waals surface area contributed by atoms with Crippen molar-refractivity contribution in [3.8, 4) is 16.9 Å². The van der Waals surface area contributed by atoms with E-state index < -0.39 is 0 Å². The minimum Gasteiger partial charge on any atom is -0.508 e. The molecule has 0 fully saturated rings. The number of nitrogens with one attached hydrogen (secondary N) is 1. The molecule has 0 amide bonds. The first kappa shape index (κ1) is 14.4. The van der Waals surface area contributed by atoms with E-state index >= 15 is 0 Å². The molecule has 0 aliphatic heterocycles. The third-order valence-electron chi connectivity index (χ3n) is 3.82. The lowest BCUT2D eigenvalue weighted by Crippen LogP contribution is -2.17. The number of aromatic nitrogens is 2. The van der Waals surface area contributed by atoms with Crippen LogP contribution in [0.3, 0.4) is 0 Å². The summed E-state index contributed by atoms with van der Waals surface area (Å²) >= 11 is 0. The van der Waals surface area contributed by atoms with Gasteiger partial charge in [0, 0.05) is 6.20 Å². The Morgan fingerprint density at radius 1 is 1.32 bits per heavy atom. The van der Waals surface area contributed by atoms with Crippen LogP contribution in [0, 0.1) is 0 Å². The molecule has 2 heterocycles. The Labute approximate surface area is 129 Å². The van der Waals surface area contributed by atoms with Gasteiger partial charge in [-0.05, 0) is 48.9 Å². The van der Waals surface area contributed by atoms with E-state index in [1.807, 2.05) is 43.6 Å². The molecule has 0 saturated carbocycles. The average molecular weight is 293 g/mol. The molecule has 0 spiro atoms. The van der Waals surface area contributed by atoms with Gasteiger partial charge in [0.2, 0.25) is 0 Å². The maximum Gasteiger partial charge on any atom is 0.136 e. The number of benzene rings is 1. The lowest BCUT2D eigenvalue weighted by molar-refractivity contribution is 0.475. The van der Waals surface area contributed by atoms with Gasteiger partial charge in [0.15, 0.2) is 0 Å². The van der Waals surface area contributed by atoms with Crippen molar-refractivity contribution in [3.05, 3.63) is 67.1 Å². The molecule has 0 radical (unpaired) electrons. The summed E-state index contributed by atoms with van der Waals surface area (Å²) in [7, 11) is 1.94. The van der Waals surface area contributed by atoms with Crippen molar-refractivity contribution in [2.24, 2.45) is 0 Å². The molecular weight excluding hydrogens is 274 g/mol. The van der Waals surface area contributed by atoms with Crippen LogP contribution in [0.1, 0.15) is 18.2 Å². The number of aromatic hydroxyl groups is 1. The summed E-state index contributed by atoms with van der Waals surface area (Å²) in [6, 6.07) is 11.4. The van der Waals surface area contributed by atoms with Gasteiger partial charge in [-0.15, -0.1) is 6.58 Å². The van der Waals surface area contributed by atoms with Crippen molar-refractivity contribution in [3.63, 3.8) is 0 Å². The van der Waals surface area contributed by atoms with Gasteiger partial charge in [0.1, 0.15) is 11.4 Å². The monoisotopic (exact) mass is 293 g/mol. The molecule has 3 aromatic rings. The fourth-order valence-electron chi connectivity index (χ4n) is 2.67. The van der Waals surface area contributed by atoms with Crippen LogP contribution < -0.4 is 5.32 Å². The zero-order chi connectivity index (χ0) is 15.5. The quantitative estimate of drug-likeness (QED) is 0.707. The van der Waals surface area contributed by atoms with E-state index in [1.165, 1.54) is 0 Å². The number of nitrogens with zero attached hydrogens (tertiary/aromatic N) is 2. The van der Waals surface area contributed by atoms with Gasteiger partial charge >= 0.3 is 0 Å². The molecule has 3 rings (SSSR count). The Morgan fingerprint density at radius 2 is 2.18 bits per heavy atom. The Kier molecular flexibility index (Phi) is 3.94. The Hall–Kier alpha value is -2.59. The summed E-state index contributed by atoms with van der Waals surface area (Å²) in [6.07, 6.45) is 6.69. The fraction of sp³-hybridized carbons (Fsp3) is 0.167. The first-order chi connectivity index (χ1) is 10.7. The number of hydrogen-bond donors (Lipinski definition) is 2. The van der Waals surface area contributed by atoms with Gasteiger partial charge in [-0.1, -0.05) is 18.2 Å². The first-order valence-electron chi connectivity index (χ1n) is 7.27. The van der Waals surface area contributed by atoms with E-state index in [0.717, 1.165) is 28.9 Å². The Balaban J connectivity index is 2.10. The molecule has 4 heteroatoms. The Bertz CT molecular complexity index is 807. The van der Waals surface area contributed by atoms with E-state index in [-0.39, 0.29) is 11.8 Å². The highest BCUT2D eigenvalue weighted by atomic mass is 16.3. The van der Waals surface area contributed by atoms with Crippen LogP contribution in [0.25, 0.3) is 16.8 Å². The van der Waals surface area contributed by atoms with Gasteiger partial charge in [-0.2, -0.15) is 0 Å². The SMILES string of the molecule is C=CCC(NC)c1cnc2ccc(-c3cccc(O)c3)cn12. The van der Waals surface area contributed by atoms with Crippen LogP contribution in [-0.4, -0.2) is 21.5 Å². The predicted octanol–water partition coefficient (Wildman–Crippen LogP) is 3.54. The van der Waals surface area contributed by atoms with Crippen molar-refractivity contribution >= 4 is 5.65 Å².